The molecule has 1 aromatic heterocycles. The average molecular weight is 409 g/mol. The van der Waals surface area contributed by atoms with Gasteiger partial charge < -0.3 is 18.6 Å². The molecular formula is C23H17ClO5. The van der Waals surface area contributed by atoms with Crippen LogP contribution in [0.3, 0.4) is 0 Å². The van der Waals surface area contributed by atoms with Crippen molar-refractivity contribution in [3.05, 3.63) is 93.8 Å². The molecule has 4 rings (SSSR count). The molecule has 5 nitrogen and oxygen atoms in total. The monoisotopic (exact) mass is 408 g/mol. The van der Waals surface area contributed by atoms with Crippen LogP contribution in [0.4, 0.5) is 0 Å². The van der Waals surface area contributed by atoms with Gasteiger partial charge in [-0.1, -0.05) is 29.8 Å². The summed E-state index contributed by atoms with van der Waals surface area (Å²) in [6, 6.07) is 19.4. The smallest absolute Gasteiger partial charge is 0.235 e. The van der Waals surface area contributed by atoms with Gasteiger partial charge in [-0.3, -0.25) is 4.79 Å². The largest absolute Gasteiger partial charge is 0.497 e. The van der Waals surface area contributed by atoms with Crippen molar-refractivity contribution >= 4 is 22.6 Å². The van der Waals surface area contributed by atoms with E-state index in [1.807, 2.05) is 24.3 Å². The van der Waals surface area contributed by atoms with Gasteiger partial charge in [0.05, 0.1) is 12.5 Å². The van der Waals surface area contributed by atoms with Crippen molar-refractivity contribution in [2.24, 2.45) is 0 Å². The van der Waals surface area contributed by atoms with E-state index >= 15 is 0 Å². The van der Waals surface area contributed by atoms with Crippen LogP contribution in [0.1, 0.15) is 5.56 Å². The summed E-state index contributed by atoms with van der Waals surface area (Å²) in [5.41, 5.74) is 1.02. The van der Waals surface area contributed by atoms with Gasteiger partial charge in [-0.25, -0.2) is 0 Å². The number of fused-ring (bicyclic) bond motifs is 1. The Bertz CT molecular complexity index is 1200. The van der Waals surface area contributed by atoms with E-state index in [2.05, 4.69) is 0 Å². The molecule has 0 aliphatic carbocycles. The second-order valence-corrected chi connectivity index (χ2v) is 6.65. The van der Waals surface area contributed by atoms with Gasteiger partial charge in [0.15, 0.2) is 0 Å². The molecule has 0 radical (unpaired) electrons. The Hall–Kier alpha value is -3.44. The molecule has 29 heavy (non-hydrogen) atoms. The SMILES string of the molecule is COc1ccc(Oc2coc3cc(OCc4ccccc4Cl)ccc3c2=O)cc1. The molecule has 0 aliphatic heterocycles. The first kappa shape index (κ1) is 18.9. The summed E-state index contributed by atoms with van der Waals surface area (Å²) in [4.78, 5) is 12.7. The van der Waals surface area contributed by atoms with Crippen LogP contribution in [0.25, 0.3) is 11.0 Å². The summed E-state index contributed by atoms with van der Waals surface area (Å²) in [6.45, 7) is 0.314. The number of rotatable bonds is 6. The van der Waals surface area contributed by atoms with Crippen molar-refractivity contribution in [2.45, 2.75) is 6.61 Å². The van der Waals surface area contributed by atoms with Gasteiger partial charge in [0.2, 0.25) is 11.2 Å². The molecule has 4 aromatic rings. The summed E-state index contributed by atoms with van der Waals surface area (Å²) in [5, 5.41) is 1.04. The van der Waals surface area contributed by atoms with Crippen molar-refractivity contribution in [3.63, 3.8) is 0 Å². The fraction of sp³-hybridized carbons (Fsp3) is 0.0870. The standard InChI is InChI=1S/C23H17ClO5/c1-26-16-6-8-17(9-7-16)29-22-14-28-21-12-18(10-11-19(21)23(22)25)27-13-15-4-2-3-5-20(15)24/h2-12,14H,13H2,1H3. The van der Waals surface area contributed by atoms with Crippen LogP contribution in [0.15, 0.2) is 82.2 Å². The number of methoxy groups -OCH3 is 1. The molecule has 146 valence electrons. The lowest BCUT2D eigenvalue weighted by Crippen LogP contribution is -2.05. The Balaban J connectivity index is 1.54. The second kappa shape index (κ2) is 8.29. The van der Waals surface area contributed by atoms with Crippen LogP contribution in [-0.2, 0) is 6.61 Å². The van der Waals surface area contributed by atoms with Gasteiger partial charge in [-0.05, 0) is 42.5 Å². The van der Waals surface area contributed by atoms with Crippen LogP contribution in [0.5, 0.6) is 23.0 Å². The van der Waals surface area contributed by atoms with Gasteiger partial charge in [0.25, 0.3) is 0 Å². The maximum Gasteiger partial charge on any atom is 0.235 e. The van der Waals surface area contributed by atoms with Gasteiger partial charge >= 0.3 is 0 Å². The van der Waals surface area contributed by atoms with Crippen molar-refractivity contribution < 1.29 is 18.6 Å². The lowest BCUT2D eigenvalue weighted by molar-refractivity contribution is 0.306. The fourth-order valence-electron chi connectivity index (χ4n) is 2.80. The van der Waals surface area contributed by atoms with E-state index in [1.165, 1.54) is 6.26 Å². The van der Waals surface area contributed by atoms with Gasteiger partial charge in [0.1, 0.15) is 35.7 Å². The number of hydrogen-bond acceptors (Lipinski definition) is 5. The minimum Gasteiger partial charge on any atom is -0.497 e. The normalized spacial score (nSPS) is 10.7. The van der Waals surface area contributed by atoms with E-state index in [1.54, 1.807) is 49.6 Å². The molecule has 0 N–H and O–H groups in total. The molecule has 0 bridgehead atoms. The third kappa shape index (κ3) is 4.20. The lowest BCUT2D eigenvalue weighted by atomic mass is 10.2. The maximum atomic E-state index is 12.7. The number of benzene rings is 3. The Morgan fingerprint density at radius 1 is 0.931 bits per heavy atom. The van der Waals surface area contributed by atoms with E-state index in [-0.39, 0.29) is 11.2 Å². The zero-order chi connectivity index (χ0) is 20.2. The zero-order valence-corrected chi connectivity index (χ0v) is 16.3. The van der Waals surface area contributed by atoms with Crippen LogP contribution in [0.2, 0.25) is 5.02 Å². The molecule has 0 fully saturated rings. The van der Waals surface area contributed by atoms with E-state index in [0.717, 1.165) is 5.56 Å². The van der Waals surface area contributed by atoms with Crippen molar-refractivity contribution in [3.8, 4) is 23.0 Å². The Labute approximate surface area is 172 Å². The van der Waals surface area contributed by atoms with E-state index in [4.69, 9.17) is 30.2 Å². The van der Waals surface area contributed by atoms with E-state index in [0.29, 0.717) is 39.8 Å². The summed E-state index contributed by atoms with van der Waals surface area (Å²) < 4.78 is 22.1. The molecule has 0 atom stereocenters. The highest BCUT2D eigenvalue weighted by Crippen LogP contribution is 2.26. The highest BCUT2D eigenvalue weighted by molar-refractivity contribution is 6.31. The minimum absolute atomic E-state index is 0.104. The predicted molar refractivity (Wildman–Crippen MR) is 111 cm³/mol. The molecule has 0 amide bonds. The molecule has 0 unspecified atom stereocenters. The van der Waals surface area contributed by atoms with Crippen molar-refractivity contribution in [1.29, 1.82) is 0 Å². The van der Waals surface area contributed by atoms with Crippen LogP contribution < -0.4 is 19.6 Å². The predicted octanol–water partition coefficient (Wildman–Crippen LogP) is 5.83. The number of hydrogen-bond donors (Lipinski definition) is 0. The van der Waals surface area contributed by atoms with Gasteiger partial charge in [-0.2, -0.15) is 0 Å². The summed E-state index contributed by atoms with van der Waals surface area (Å²) >= 11 is 6.15. The highest BCUT2D eigenvalue weighted by Gasteiger charge is 2.11. The molecule has 3 aromatic carbocycles. The average Bonchev–Trinajstić information content (AvgIpc) is 2.75. The van der Waals surface area contributed by atoms with Crippen LogP contribution in [0, 0.1) is 0 Å². The molecule has 1 heterocycles. The molecule has 0 saturated heterocycles. The van der Waals surface area contributed by atoms with E-state index < -0.39 is 0 Å². The van der Waals surface area contributed by atoms with E-state index in [9.17, 15) is 4.79 Å². The van der Waals surface area contributed by atoms with Gasteiger partial charge in [0, 0.05) is 16.7 Å². The maximum absolute atomic E-state index is 12.7. The van der Waals surface area contributed by atoms with Gasteiger partial charge in [-0.15, -0.1) is 0 Å². The molecule has 6 heteroatoms. The number of halogens is 1. The number of ether oxygens (including phenoxy) is 3. The zero-order valence-electron chi connectivity index (χ0n) is 15.6. The first-order chi connectivity index (χ1) is 14.1. The highest BCUT2D eigenvalue weighted by atomic mass is 35.5. The Morgan fingerprint density at radius 2 is 1.66 bits per heavy atom. The van der Waals surface area contributed by atoms with Crippen molar-refractivity contribution in [2.75, 3.05) is 7.11 Å². The third-order valence-electron chi connectivity index (χ3n) is 4.35. The second-order valence-electron chi connectivity index (χ2n) is 6.24. The lowest BCUT2D eigenvalue weighted by Gasteiger charge is -2.09. The minimum atomic E-state index is -0.264. The van der Waals surface area contributed by atoms with Crippen LogP contribution >= 0.6 is 11.6 Å². The Kier molecular flexibility index (Phi) is 5.40. The Morgan fingerprint density at radius 3 is 2.41 bits per heavy atom. The molecule has 0 spiro atoms. The summed E-state index contributed by atoms with van der Waals surface area (Å²) in [7, 11) is 1.58. The van der Waals surface area contributed by atoms with Crippen LogP contribution in [-0.4, -0.2) is 7.11 Å². The summed E-state index contributed by atoms with van der Waals surface area (Å²) in [6.07, 6.45) is 1.30. The third-order valence-corrected chi connectivity index (χ3v) is 4.72. The fourth-order valence-corrected chi connectivity index (χ4v) is 2.99. The van der Waals surface area contributed by atoms with Crippen molar-refractivity contribution in [1.82, 2.24) is 0 Å². The first-order valence-corrected chi connectivity index (χ1v) is 9.25. The molecular weight excluding hydrogens is 392 g/mol. The molecule has 0 saturated carbocycles. The summed E-state index contributed by atoms with van der Waals surface area (Å²) in [5.74, 6) is 1.89. The first-order valence-electron chi connectivity index (χ1n) is 8.88. The quantitative estimate of drug-likeness (QED) is 0.402. The topological polar surface area (TPSA) is 57.9 Å². The molecule has 0 aliphatic rings.